The predicted octanol–water partition coefficient (Wildman–Crippen LogP) is 5.96. The zero-order valence-electron chi connectivity index (χ0n) is 17.2. The molecule has 2 aromatic carbocycles. The summed E-state index contributed by atoms with van der Waals surface area (Å²) in [5.74, 6) is -1.28. The maximum Gasteiger partial charge on any atom is 0.336 e. The van der Waals surface area contributed by atoms with Crippen LogP contribution in [0.3, 0.4) is 0 Å². The van der Waals surface area contributed by atoms with E-state index in [9.17, 15) is 9.59 Å². The minimum atomic E-state index is -0.473. The van der Waals surface area contributed by atoms with Gasteiger partial charge in [-0.15, -0.1) is 0 Å². The van der Waals surface area contributed by atoms with Crippen LogP contribution in [0.1, 0.15) is 43.2 Å². The summed E-state index contributed by atoms with van der Waals surface area (Å²) in [5, 5.41) is 0.818. The van der Waals surface area contributed by atoms with Crippen molar-refractivity contribution < 1.29 is 14.3 Å². The first-order valence-corrected chi connectivity index (χ1v) is 11.2. The lowest BCUT2D eigenvalue weighted by Crippen LogP contribution is -2.39. The molecule has 0 radical (unpaired) electrons. The van der Waals surface area contributed by atoms with E-state index in [4.69, 9.17) is 27.9 Å². The van der Waals surface area contributed by atoms with E-state index in [1.54, 1.807) is 19.1 Å². The number of carbonyl (C=O) groups is 2. The Kier molecular flexibility index (Phi) is 6.59. The molecule has 2 unspecified atom stereocenters. The molecule has 160 valence electrons. The fourth-order valence-electron chi connectivity index (χ4n) is 4.44. The smallest absolute Gasteiger partial charge is 0.336 e. The number of Topliss-reactive ketones (excluding diaryl/α,β-unsaturated/α-hetero) is 1. The third-order valence-electron chi connectivity index (χ3n) is 5.90. The van der Waals surface area contributed by atoms with Crippen LogP contribution in [0.5, 0.6) is 0 Å². The summed E-state index contributed by atoms with van der Waals surface area (Å²) in [5.41, 5.74) is 3.73. The van der Waals surface area contributed by atoms with Gasteiger partial charge in [0.25, 0.3) is 0 Å². The fourth-order valence-corrected chi connectivity index (χ4v) is 4.74. The molecule has 1 saturated carbocycles. The molecule has 0 spiro atoms. The number of hydrogen-bond acceptors (Lipinski definition) is 4. The van der Waals surface area contributed by atoms with Crippen molar-refractivity contribution in [2.24, 2.45) is 10.9 Å². The average molecular weight is 456 g/mol. The number of esters is 1. The van der Waals surface area contributed by atoms with E-state index in [1.807, 2.05) is 36.4 Å². The SMILES string of the molecule is CC1=C(C(=O)OCCc2ccccc2)C(c2ccc(Cl)c(Cl)c2)C2C(=O)CCCC2=N1. The number of rotatable bonds is 5. The Hall–Kier alpha value is -2.43. The van der Waals surface area contributed by atoms with Crippen molar-refractivity contribution in [2.75, 3.05) is 6.61 Å². The molecule has 0 bridgehead atoms. The summed E-state index contributed by atoms with van der Waals surface area (Å²) in [6, 6.07) is 15.1. The van der Waals surface area contributed by atoms with Crippen LogP contribution in [0, 0.1) is 5.92 Å². The number of allylic oxidation sites excluding steroid dienone is 1. The third-order valence-corrected chi connectivity index (χ3v) is 6.64. The molecule has 1 aliphatic carbocycles. The molecule has 0 amide bonds. The molecule has 31 heavy (non-hydrogen) atoms. The first-order chi connectivity index (χ1) is 15.0. The number of aliphatic imine (C=N–C) groups is 1. The second kappa shape index (κ2) is 9.37. The number of benzene rings is 2. The first-order valence-electron chi connectivity index (χ1n) is 10.4. The van der Waals surface area contributed by atoms with Gasteiger partial charge in [0.2, 0.25) is 0 Å². The number of ether oxygens (including phenoxy) is 1. The molecule has 1 fully saturated rings. The lowest BCUT2D eigenvalue weighted by Gasteiger charge is -2.35. The van der Waals surface area contributed by atoms with E-state index in [1.165, 1.54) is 0 Å². The van der Waals surface area contributed by atoms with Gasteiger partial charge in [-0.1, -0.05) is 59.6 Å². The quantitative estimate of drug-likeness (QED) is 0.522. The molecule has 0 N–H and O–H groups in total. The minimum absolute atomic E-state index is 0.100. The summed E-state index contributed by atoms with van der Waals surface area (Å²) in [4.78, 5) is 30.8. The summed E-state index contributed by atoms with van der Waals surface area (Å²) in [7, 11) is 0. The molecule has 1 heterocycles. The van der Waals surface area contributed by atoms with Gasteiger partial charge in [-0.25, -0.2) is 4.79 Å². The van der Waals surface area contributed by atoms with Crippen LogP contribution in [0.15, 0.2) is 64.8 Å². The molecule has 1 aliphatic heterocycles. The van der Waals surface area contributed by atoms with Gasteiger partial charge >= 0.3 is 5.97 Å². The fraction of sp³-hybridized carbons (Fsp3) is 0.320. The Morgan fingerprint density at radius 3 is 2.58 bits per heavy atom. The van der Waals surface area contributed by atoms with Crippen molar-refractivity contribution in [3.8, 4) is 0 Å². The normalized spacial score (nSPS) is 20.9. The number of fused-ring (bicyclic) bond motifs is 1. The van der Waals surface area contributed by atoms with E-state index in [0.717, 1.165) is 29.7 Å². The first kappa shape index (κ1) is 21.8. The van der Waals surface area contributed by atoms with Crippen molar-refractivity contribution >= 4 is 40.7 Å². The monoisotopic (exact) mass is 455 g/mol. The average Bonchev–Trinajstić information content (AvgIpc) is 2.75. The van der Waals surface area contributed by atoms with Crippen molar-refractivity contribution in [3.63, 3.8) is 0 Å². The Morgan fingerprint density at radius 2 is 1.84 bits per heavy atom. The summed E-state index contributed by atoms with van der Waals surface area (Å²) in [6.07, 6.45) is 2.64. The number of carbonyl (C=O) groups excluding carboxylic acids is 2. The molecule has 4 nitrogen and oxygen atoms in total. The second-order valence-corrected chi connectivity index (χ2v) is 8.74. The van der Waals surface area contributed by atoms with Crippen LogP contribution >= 0.6 is 23.2 Å². The van der Waals surface area contributed by atoms with Gasteiger partial charge in [0, 0.05) is 30.2 Å². The highest BCUT2D eigenvalue weighted by Crippen LogP contribution is 2.44. The number of nitrogens with zero attached hydrogens (tertiary/aromatic N) is 1. The molecule has 4 rings (SSSR count). The van der Waals surface area contributed by atoms with Crippen LogP contribution in [0.2, 0.25) is 10.0 Å². The summed E-state index contributed by atoms with van der Waals surface area (Å²) >= 11 is 12.4. The molecular weight excluding hydrogens is 433 g/mol. The Labute approximate surface area is 191 Å². The van der Waals surface area contributed by atoms with Crippen LogP contribution in [0.25, 0.3) is 0 Å². The van der Waals surface area contributed by atoms with E-state index in [0.29, 0.717) is 34.2 Å². The van der Waals surface area contributed by atoms with Crippen molar-refractivity contribution in [3.05, 3.63) is 81.0 Å². The minimum Gasteiger partial charge on any atom is -0.462 e. The molecule has 0 saturated heterocycles. The van der Waals surface area contributed by atoms with Gasteiger partial charge < -0.3 is 4.74 Å². The standard InChI is InChI=1S/C25H23Cl2NO3/c1-15-22(25(30)31-13-12-16-6-3-2-4-7-16)23(17-10-11-18(26)19(27)14-17)24-20(28-15)8-5-9-21(24)29/h2-4,6-7,10-11,14,23-24H,5,8-9,12-13H2,1H3. The lowest BCUT2D eigenvalue weighted by molar-refractivity contribution is -0.139. The Bertz CT molecular complexity index is 1080. The summed E-state index contributed by atoms with van der Waals surface area (Å²) < 4.78 is 5.64. The van der Waals surface area contributed by atoms with E-state index >= 15 is 0 Å². The van der Waals surface area contributed by atoms with E-state index < -0.39 is 17.8 Å². The topological polar surface area (TPSA) is 55.7 Å². The zero-order valence-corrected chi connectivity index (χ0v) is 18.7. The van der Waals surface area contributed by atoms with Gasteiger partial charge in [0.05, 0.1) is 28.1 Å². The number of halogens is 2. The summed E-state index contributed by atoms with van der Waals surface area (Å²) in [6.45, 7) is 2.06. The van der Waals surface area contributed by atoms with Crippen LogP contribution in [-0.2, 0) is 20.7 Å². The van der Waals surface area contributed by atoms with Gasteiger partial charge in [0.15, 0.2) is 0 Å². The third kappa shape index (κ3) is 4.60. The molecule has 2 aromatic rings. The number of ketones is 1. The molecule has 2 aliphatic rings. The maximum atomic E-state index is 13.2. The van der Waals surface area contributed by atoms with Crippen molar-refractivity contribution in [1.82, 2.24) is 0 Å². The van der Waals surface area contributed by atoms with Gasteiger partial charge in [-0.2, -0.15) is 0 Å². The largest absolute Gasteiger partial charge is 0.462 e. The van der Waals surface area contributed by atoms with Crippen LogP contribution in [-0.4, -0.2) is 24.1 Å². The molecular formula is C25H23Cl2NO3. The van der Waals surface area contributed by atoms with E-state index in [-0.39, 0.29) is 12.4 Å². The molecule has 0 aromatic heterocycles. The Balaban J connectivity index is 1.66. The van der Waals surface area contributed by atoms with Crippen molar-refractivity contribution in [1.29, 1.82) is 0 Å². The maximum absolute atomic E-state index is 13.2. The highest BCUT2D eigenvalue weighted by molar-refractivity contribution is 6.42. The molecule has 2 atom stereocenters. The van der Waals surface area contributed by atoms with E-state index in [2.05, 4.69) is 4.99 Å². The van der Waals surface area contributed by atoms with Crippen molar-refractivity contribution in [2.45, 2.75) is 38.5 Å². The zero-order chi connectivity index (χ0) is 22.0. The van der Waals surface area contributed by atoms with Gasteiger partial charge in [-0.3, -0.25) is 9.79 Å². The molecule has 6 heteroatoms. The number of hydrogen-bond donors (Lipinski definition) is 0. The van der Waals surface area contributed by atoms with Gasteiger partial charge in [0.1, 0.15) is 5.78 Å². The van der Waals surface area contributed by atoms with Gasteiger partial charge in [-0.05, 0) is 43.0 Å². The highest BCUT2D eigenvalue weighted by Gasteiger charge is 2.43. The Morgan fingerprint density at radius 1 is 1.06 bits per heavy atom. The van der Waals surface area contributed by atoms with Crippen LogP contribution < -0.4 is 0 Å². The second-order valence-electron chi connectivity index (χ2n) is 7.92. The predicted molar refractivity (Wildman–Crippen MR) is 123 cm³/mol. The highest BCUT2D eigenvalue weighted by atomic mass is 35.5. The lowest BCUT2D eigenvalue weighted by atomic mass is 9.69. The van der Waals surface area contributed by atoms with Crippen LogP contribution in [0.4, 0.5) is 0 Å².